The van der Waals surface area contributed by atoms with Gasteiger partial charge in [-0.25, -0.2) is 9.59 Å². The fourth-order valence-corrected chi connectivity index (χ4v) is 0.445. The number of carbonyl (C=O) groups excluding carboxylic acids is 2. The van der Waals surface area contributed by atoms with Gasteiger partial charge in [-0.2, -0.15) is 0 Å². The van der Waals surface area contributed by atoms with Gasteiger partial charge in [-0.05, 0) is 13.8 Å². The van der Waals surface area contributed by atoms with Gasteiger partial charge in [0, 0.05) is 11.8 Å². The molecule has 0 rings (SSSR count). The zero-order valence-corrected chi connectivity index (χ0v) is 8.22. The summed E-state index contributed by atoms with van der Waals surface area (Å²) in [5.41, 5.74) is 5.42. The van der Waals surface area contributed by atoms with Gasteiger partial charge in [-0.15, -0.1) is 12.4 Å². The lowest BCUT2D eigenvalue weighted by atomic mass is 10.4. The number of hydrogen-bond donors (Lipinski definition) is 1. The van der Waals surface area contributed by atoms with Gasteiger partial charge in [0.1, 0.15) is 0 Å². The number of nitrogens with two attached hydrogens (primary N) is 1. The number of halogens is 1. The summed E-state index contributed by atoms with van der Waals surface area (Å²) in [6, 6.07) is 0. The minimum Gasteiger partial charge on any atom is -0.434 e. The Labute approximate surface area is 82.3 Å². The Hall–Kier alpha value is -1.23. The molecule has 0 aromatic heterocycles. The fraction of sp³-hybridized carbons (Fsp3) is 0.429. The molecule has 6 heteroatoms. The summed E-state index contributed by atoms with van der Waals surface area (Å²) in [7, 11) is 0. The van der Waals surface area contributed by atoms with Crippen molar-refractivity contribution in [3.8, 4) is 0 Å². The molecule has 5 nitrogen and oxygen atoms in total. The van der Waals surface area contributed by atoms with E-state index >= 15 is 0 Å². The summed E-state index contributed by atoms with van der Waals surface area (Å²) < 4.78 is 8.49. The van der Waals surface area contributed by atoms with E-state index in [0.29, 0.717) is 0 Å². The molecule has 0 spiro atoms. The van der Waals surface area contributed by atoms with E-state index in [-0.39, 0.29) is 24.7 Å². The van der Waals surface area contributed by atoms with Crippen molar-refractivity contribution in [3.05, 3.63) is 11.8 Å². The molecular weight excluding hydrogens is 198 g/mol. The molecule has 0 aliphatic carbocycles. The number of esters is 1. The number of carbonyl (C=O) groups is 2. The second-order valence-electron chi connectivity index (χ2n) is 1.99. The molecule has 0 bridgehead atoms. The molecule has 0 unspecified atom stereocenters. The van der Waals surface area contributed by atoms with Crippen LogP contribution < -0.4 is 5.73 Å². The highest BCUT2D eigenvalue weighted by Crippen LogP contribution is 1.89. The van der Waals surface area contributed by atoms with Crippen LogP contribution in [0.1, 0.15) is 13.8 Å². The van der Waals surface area contributed by atoms with Gasteiger partial charge in [0.05, 0.1) is 6.61 Å². The topological polar surface area (TPSA) is 78.6 Å². The number of ether oxygens (including phenoxy) is 2. The second-order valence-corrected chi connectivity index (χ2v) is 1.99. The van der Waals surface area contributed by atoms with Gasteiger partial charge in [0.15, 0.2) is 0 Å². The van der Waals surface area contributed by atoms with E-state index in [2.05, 4.69) is 9.47 Å². The smallest absolute Gasteiger partial charge is 0.434 e. The molecular formula is C7H12ClNO4. The SMILES string of the molecule is CCOC(=O)OC(=O)C=C(C)N.Cl. The van der Waals surface area contributed by atoms with E-state index in [1.54, 1.807) is 6.92 Å². The first-order valence-corrected chi connectivity index (χ1v) is 3.38. The van der Waals surface area contributed by atoms with Gasteiger partial charge in [0.25, 0.3) is 0 Å². The summed E-state index contributed by atoms with van der Waals surface area (Å²) in [6.07, 6.45) is -0.0169. The fourth-order valence-electron chi connectivity index (χ4n) is 0.445. The zero-order valence-electron chi connectivity index (χ0n) is 7.40. The molecule has 0 aromatic carbocycles. The van der Waals surface area contributed by atoms with Crippen LogP contribution in [0.15, 0.2) is 11.8 Å². The highest BCUT2D eigenvalue weighted by Gasteiger charge is 2.07. The molecule has 0 heterocycles. The quantitative estimate of drug-likeness (QED) is 0.417. The number of rotatable bonds is 2. The van der Waals surface area contributed by atoms with Crippen molar-refractivity contribution in [1.29, 1.82) is 0 Å². The first-order valence-electron chi connectivity index (χ1n) is 3.38. The third-order valence-electron chi connectivity index (χ3n) is 0.792. The predicted molar refractivity (Wildman–Crippen MR) is 48.3 cm³/mol. The van der Waals surface area contributed by atoms with Crippen molar-refractivity contribution in [2.24, 2.45) is 5.73 Å². The van der Waals surface area contributed by atoms with Gasteiger partial charge >= 0.3 is 12.1 Å². The van der Waals surface area contributed by atoms with E-state index in [4.69, 9.17) is 5.73 Å². The lowest BCUT2D eigenvalue weighted by molar-refractivity contribution is -0.134. The average Bonchev–Trinajstić information content (AvgIpc) is 1.84. The summed E-state index contributed by atoms with van der Waals surface area (Å²) in [5.74, 6) is -0.826. The van der Waals surface area contributed by atoms with E-state index in [1.807, 2.05) is 0 Å². The molecule has 0 saturated carbocycles. The maximum Gasteiger partial charge on any atom is 0.516 e. The Morgan fingerprint density at radius 3 is 2.38 bits per heavy atom. The molecule has 0 radical (unpaired) electrons. The predicted octanol–water partition coefficient (Wildman–Crippen LogP) is 0.970. The van der Waals surface area contributed by atoms with Crippen LogP contribution in [-0.4, -0.2) is 18.7 Å². The van der Waals surface area contributed by atoms with Crippen molar-refractivity contribution >= 4 is 24.5 Å². The van der Waals surface area contributed by atoms with Crippen molar-refractivity contribution in [3.63, 3.8) is 0 Å². The van der Waals surface area contributed by atoms with Crippen LogP contribution in [0.3, 0.4) is 0 Å². The highest BCUT2D eigenvalue weighted by atomic mass is 35.5. The van der Waals surface area contributed by atoms with Crippen molar-refractivity contribution in [2.45, 2.75) is 13.8 Å². The monoisotopic (exact) mass is 209 g/mol. The summed E-state index contributed by atoms with van der Waals surface area (Å²) in [5, 5.41) is 0. The van der Waals surface area contributed by atoms with Crippen LogP contribution in [0.25, 0.3) is 0 Å². The maximum atomic E-state index is 10.7. The summed E-state index contributed by atoms with van der Waals surface area (Å²) in [6.45, 7) is 3.28. The zero-order chi connectivity index (χ0) is 9.56. The minimum atomic E-state index is -1.01. The van der Waals surface area contributed by atoms with Crippen molar-refractivity contribution < 1.29 is 19.1 Å². The average molecular weight is 210 g/mol. The van der Waals surface area contributed by atoms with E-state index < -0.39 is 12.1 Å². The Bertz CT molecular complexity index is 211. The van der Waals surface area contributed by atoms with E-state index in [1.165, 1.54) is 6.92 Å². The Morgan fingerprint density at radius 2 is 2.00 bits per heavy atom. The van der Waals surface area contributed by atoms with E-state index in [9.17, 15) is 9.59 Å². The first-order chi connectivity index (χ1) is 5.56. The highest BCUT2D eigenvalue weighted by molar-refractivity contribution is 5.90. The molecule has 0 amide bonds. The number of hydrogen-bond acceptors (Lipinski definition) is 5. The largest absolute Gasteiger partial charge is 0.516 e. The molecule has 2 N–H and O–H groups in total. The van der Waals surface area contributed by atoms with E-state index in [0.717, 1.165) is 6.08 Å². The normalized spacial score (nSPS) is 9.85. The van der Waals surface area contributed by atoms with Gasteiger partial charge in [0.2, 0.25) is 0 Å². The van der Waals surface area contributed by atoms with Gasteiger partial charge in [-0.3, -0.25) is 0 Å². The second kappa shape index (κ2) is 7.42. The minimum absolute atomic E-state index is 0. The third-order valence-corrected chi connectivity index (χ3v) is 0.792. The van der Waals surface area contributed by atoms with Crippen LogP contribution >= 0.6 is 12.4 Å². The third kappa shape index (κ3) is 8.68. The molecule has 13 heavy (non-hydrogen) atoms. The van der Waals surface area contributed by atoms with Crippen molar-refractivity contribution in [1.82, 2.24) is 0 Å². The summed E-state index contributed by atoms with van der Waals surface area (Å²) in [4.78, 5) is 21.2. The van der Waals surface area contributed by atoms with Crippen LogP contribution in [0.5, 0.6) is 0 Å². The molecule has 0 aliphatic heterocycles. The lowest BCUT2D eigenvalue weighted by Crippen LogP contribution is -2.12. The maximum absolute atomic E-state index is 10.7. The van der Waals surface area contributed by atoms with Gasteiger partial charge < -0.3 is 15.2 Å². The van der Waals surface area contributed by atoms with Crippen LogP contribution in [0, 0.1) is 0 Å². The van der Waals surface area contributed by atoms with Crippen LogP contribution in [0.2, 0.25) is 0 Å². The Balaban J connectivity index is 0. The van der Waals surface area contributed by atoms with Crippen LogP contribution in [-0.2, 0) is 14.3 Å². The molecule has 76 valence electrons. The molecule has 0 aliphatic rings. The molecule has 0 atom stereocenters. The number of allylic oxidation sites excluding steroid dienone is 1. The summed E-state index contributed by atoms with van der Waals surface area (Å²) >= 11 is 0. The lowest BCUT2D eigenvalue weighted by Gasteiger charge is -1.98. The molecule has 0 saturated heterocycles. The van der Waals surface area contributed by atoms with Crippen molar-refractivity contribution in [2.75, 3.05) is 6.61 Å². The standard InChI is InChI=1S/C7H11NO4.ClH/c1-3-11-7(10)12-6(9)4-5(2)8;/h4H,3,8H2,1-2H3;1H. The Kier molecular flexibility index (Phi) is 8.16. The van der Waals surface area contributed by atoms with Crippen LogP contribution in [0.4, 0.5) is 4.79 Å². The Morgan fingerprint density at radius 1 is 1.46 bits per heavy atom. The molecule has 0 fully saturated rings. The van der Waals surface area contributed by atoms with Gasteiger partial charge in [-0.1, -0.05) is 0 Å². The first kappa shape index (κ1) is 14.3. The molecule has 0 aromatic rings.